The Kier molecular flexibility index (Phi) is 7.49. The number of carbonyl (C=O) groups excluding carboxylic acids is 4. The molecule has 0 saturated carbocycles. The van der Waals surface area contributed by atoms with E-state index >= 15 is 0 Å². The third kappa shape index (κ3) is 4.87. The molecule has 0 radical (unpaired) electrons. The molecule has 42 heavy (non-hydrogen) atoms. The fraction of sp³-hybridized carbons (Fsp3) is 0.387. The van der Waals surface area contributed by atoms with Crippen LogP contribution < -0.4 is 10.6 Å². The van der Waals surface area contributed by atoms with E-state index in [0.717, 1.165) is 5.56 Å². The van der Waals surface area contributed by atoms with Crippen LogP contribution in [0.5, 0.6) is 0 Å². The molecule has 4 amide bonds. The first-order chi connectivity index (χ1) is 20.0. The van der Waals surface area contributed by atoms with Gasteiger partial charge in [-0.3, -0.25) is 28.9 Å². The molecule has 1 fully saturated rings. The number of rotatable bonds is 7. The van der Waals surface area contributed by atoms with Gasteiger partial charge in [0.2, 0.25) is 11.8 Å². The lowest BCUT2D eigenvalue weighted by Gasteiger charge is -2.33. The number of hydrogen-bond acceptors (Lipinski definition) is 5. The van der Waals surface area contributed by atoms with Crippen molar-refractivity contribution < 1.29 is 28.0 Å². The van der Waals surface area contributed by atoms with Crippen LogP contribution in [-0.4, -0.2) is 65.3 Å². The molecule has 0 aliphatic carbocycles. The van der Waals surface area contributed by atoms with E-state index in [9.17, 15) is 23.6 Å². The van der Waals surface area contributed by atoms with Gasteiger partial charge in [-0.05, 0) is 49.1 Å². The van der Waals surface area contributed by atoms with Gasteiger partial charge in [0.05, 0.1) is 18.2 Å². The van der Waals surface area contributed by atoms with Crippen molar-refractivity contribution in [3.05, 3.63) is 77.1 Å². The van der Waals surface area contributed by atoms with E-state index in [-0.39, 0.29) is 30.4 Å². The highest BCUT2D eigenvalue weighted by Gasteiger charge is 2.59. The highest BCUT2D eigenvalue weighted by molar-refractivity contribution is 6.07. The molecule has 2 aliphatic heterocycles. The highest BCUT2D eigenvalue weighted by Crippen LogP contribution is 2.47. The summed E-state index contributed by atoms with van der Waals surface area (Å²) < 4.78 is 19.9. The molecule has 0 bridgehead atoms. The molecule has 10 nitrogen and oxygen atoms in total. The van der Waals surface area contributed by atoms with Gasteiger partial charge < -0.3 is 20.0 Å². The average molecular weight is 574 g/mol. The molecule has 218 valence electrons. The minimum atomic E-state index is -1.09. The van der Waals surface area contributed by atoms with Crippen LogP contribution in [0.2, 0.25) is 0 Å². The second kappa shape index (κ2) is 10.9. The van der Waals surface area contributed by atoms with Crippen LogP contribution in [0, 0.1) is 18.3 Å². The summed E-state index contributed by atoms with van der Waals surface area (Å²) in [4.78, 5) is 60.0. The zero-order chi connectivity index (χ0) is 30.3. The fourth-order valence-corrected chi connectivity index (χ4v) is 5.97. The zero-order valence-electron chi connectivity index (χ0n) is 23.8. The summed E-state index contributed by atoms with van der Waals surface area (Å²) >= 11 is 0. The predicted molar refractivity (Wildman–Crippen MR) is 153 cm³/mol. The van der Waals surface area contributed by atoms with Crippen LogP contribution in [0.25, 0.3) is 15.8 Å². The van der Waals surface area contributed by atoms with Crippen LogP contribution in [-0.2, 0) is 19.8 Å². The van der Waals surface area contributed by atoms with E-state index in [2.05, 4.69) is 15.5 Å². The monoisotopic (exact) mass is 573 g/mol. The molecule has 1 spiro atoms. The molecule has 0 unspecified atom stereocenters. The lowest BCUT2D eigenvalue weighted by Crippen LogP contribution is -2.55. The Hall–Kier alpha value is -4.72. The van der Waals surface area contributed by atoms with Crippen molar-refractivity contribution in [3.63, 3.8) is 0 Å². The van der Waals surface area contributed by atoms with Gasteiger partial charge in [-0.15, -0.1) is 0 Å². The number of likely N-dealkylation sites (N-methyl/N-ethyl adjacent to an activating group) is 1. The van der Waals surface area contributed by atoms with Crippen LogP contribution in [0.3, 0.4) is 0 Å². The number of amides is 4. The summed E-state index contributed by atoms with van der Waals surface area (Å²) in [5, 5.41) is 5.91. The van der Waals surface area contributed by atoms with Crippen molar-refractivity contribution in [2.45, 2.75) is 57.3 Å². The number of para-hydroxylation sites is 1. The van der Waals surface area contributed by atoms with Gasteiger partial charge >= 0.3 is 6.17 Å². The number of fused-ring (bicyclic) bond motifs is 3. The summed E-state index contributed by atoms with van der Waals surface area (Å²) in [6.45, 7) is 13.1. The molecule has 5 rings (SSSR count). The quantitative estimate of drug-likeness (QED) is 0.416. The minimum absolute atomic E-state index is 0.00618. The number of benzene rings is 2. The maximum absolute atomic E-state index is 14.6. The third-order valence-electron chi connectivity index (χ3n) is 8.19. The van der Waals surface area contributed by atoms with Crippen molar-refractivity contribution in [2.24, 2.45) is 5.92 Å². The number of likely N-dealkylation sites (tertiary alicyclic amines) is 1. The molecule has 2 aromatic carbocycles. The third-order valence-corrected chi connectivity index (χ3v) is 8.19. The first-order valence-corrected chi connectivity index (χ1v) is 13.8. The maximum Gasteiger partial charge on any atom is 0.302 e. The lowest BCUT2D eigenvalue weighted by molar-refractivity contribution is -0.146. The van der Waals surface area contributed by atoms with Gasteiger partial charge in [0.1, 0.15) is 28.9 Å². The minimum Gasteiger partial charge on any atom is -0.464 e. The number of halogens is 1. The van der Waals surface area contributed by atoms with Crippen molar-refractivity contribution >= 4 is 40.3 Å². The standard InChI is InChI=1S/C31H32FN5O5/c1-17(2)12-24(29(40)37-16-31(15-26(37)33-4)21-8-6-7-9-23(21)35-30(31)41)36(5)28(39)18(3)34-27(38)20-14-25-19(10-11-42-25)13-22(20)32/h6-11,13-14,17-18,24,26H,12,15-16H2,1-3,5H3,(H,34,38)(H,35,41)/t18-,24-,26-,31-/m0/s1. The van der Waals surface area contributed by atoms with E-state index in [0.29, 0.717) is 23.1 Å². The number of carbonyl (C=O) groups is 4. The number of furan rings is 1. The molecule has 4 atom stereocenters. The van der Waals surface area contributed by atoms with Crippen molar-refractivity contribution in [2.75, 3.05) is 18.9 Å². The zero-order valence-corrected chi connectivity index (χ0v) is 23.8. The summed E-state index contributed by atoms with van der Waals surface area (Å²) in [5.41, 5.74) is 0.426. The molecular formula is C31H32FN5O5. The summed E-state index contributed by atoms with van der Waals surface area (Å²) in [6.07, 6.45) is 0.944. The topological polar surface area (TPSA) is 116 Å². The molecule has 3 aromatic rings. The molecule has 11 heteroatoms. The smallest absolute Gasteiger partial charge is 0.302 e. The van der Waals surface area contributed by atoms with Crippen LogP contribution in [0.4, 0.5) is 10.1 Å². The van der Waals surface area contributed by atoms with Gasteiger partial charge in [-0.2, -0.15) is 0 Å². The molecule has 1 aromatic heterocycles. The van der Waals surface area contributed by atoms with Gasteiger partial charge in [0.25, 0.3) is 11.8 Å². The lowest BCUT2D eigenvalue weighted by atomic mass is 9.80. The molecular weight excluding hydrogens is 541 g/mol. The predicted octanol–water partition coefficient (Wildman–Crippen LogP) is 3.93. The second-order valence-corrected chi connectivity index (χ2v) is 11.4. The first kappa shape index (κ1) is 28.8. The fourth-order valence-electron chi connectivity index (χ4n) is 5.97. The summed E-state index contributed by atoms with van der Waals surface area (Å²) in [5.74, 6) is -2.80. The molecule has 1 saturated heterocycles. The van der Waals surface area contributed by atoms with Crippen LogP contribution >= 0.6 is 0 Å². The van der Waals surface area contributed by atoms with Crippen molar-refractivity contribution in [1.29, 1.82) is 0 Å². The van der Waals surface area contributed by atoms with Gasteiger partial charge in [-0.1, -0.05) is 32.0 Å². The first-order valence-electron chi connectivity index (χ1n) is 13.8. The maximum atomic E-state index is 14.6. The number of nitrogens with one attached hydrogen (secondary N) is 2. The Balaban J connectivity index is 1.36. The summed E-state index contributed by atoms with van der Waals surface area (Å²) in [6, 6.07) is 9.25. The largest absolute Gasteiger partial charge is 0.464 e. The van der Waals surface area contributed by atoms with E-state index in [1.54, 1.807) is 12.1 Å². The summed E-state index contributed by atoms with van der Waals surface area (Å²) in [7, 11) is 1.47. The average Bonchev–Trinajstić information content (AvgIpc) is 3.66. The van der Waals surface area contributed by atoms with E-state index in [4.69, 9.17) is 11.0 Å². The molecule has 2 N–H and O–H groups in total. The Morgan fingerprint density at radius 2 is 1.98 bits per heavy atom. The van der Waals surface area contributed by atoms with Crippen LogP contribution in [0.1, 0.15) is 49.5 Å². The Morgan fingerprint density at radius 1 is 1.24 bits per heavy atom. The number of nitrogens with zero attached hydrogens (tertiary/aromatic N) is 3. The van der Waals surface area contributed by atoms with Crippen LogP contribution in [0.15, 0.2) is 53.1 Å². The van der Waals surface area contributed by atoms with Gasteiger partial charge in [0.15, 0.2) is 0 Å². The number of hydrogen-bond donors (Lipinski definition) is 2. The second-order valence-electron chi connectivity index (χ2n) is 11.4. The Labute approximate surface area is 242 Å². The van der Waals surface area contributed by atoms with Gasteiger partial charge in [0, 0.05) is 24.7 Å². The number of anilines is 1. The molecule has 2 aliphatic rings. The SMILES string of the molecule is [C-]#[N+][C@@H]1C[C@@]2(CN1C(=O)[C@H](CC(C)C)N(C)C(=O)[C@H](C)NC(=O)c1cc3occc3cc1F)C(=O)Nc1ccccc12. The highest BCUT2D eigenvalue weighted by atomic mass is 19.1. The van der Waals surface area contributed by atoms with E-state index in [1.807, 2.05) is 32.0 Å². The Morgan fingerprint density at radius 3 is 2.69 bits per heavy atom. The normalized spacial score (nSPS) is 20.7. The Bertz CT molecular complexity index is 1630. The van der Waals surface area contributed by atoms with Crippen molar-refractivity contribution in [1.82, 2.24) is 15.1 Å². The van der Waals surface area contributed by atoms with E-state index in [1.165, 1.54) is 42.2 Å². The van der Waals surface area contributed by atoms with Crippen molar-refractivity contribution in [3.8, 4) is 0 Å². The molecule has 3 heterocycles. The van der Waals surface area contributed by atoms with Gasteiger partial charge in [-0.25, -0.2) is 11.0 Å². The van der Waals surface area contributed by atoms with E-state index < -0.39 is 47.2 Å².